The summed E-state index contributed by atoms with van der Waals surface area (Å²) in [7, 11) is -7.42. The van der Waals surface area contributed by atoms with Crippen molar-refractivity contribution in [3.05, 3.63) is 120 Å². The smallest absolute Gasteiger partial charge is 0.261 e. The molecule has 0 aliphatic rings. The van der Waals surface area contributed by atoms with E-state index in [0.717, 1.165) is 11.1 Å². The highest BCUT2D eigenvalue weighted by molar-refractivity contribution is 7.93. The number of hydrogen-bond acceptors (Lipinski definition) is 4. The van der Waals surface area contributed by atoms with Crippen LogP contribution in [0.15, 0.2) is 119 Å². The van der Waals surface area contributed by atoms with Crippen LogP contribution in [0.5, 0.6) is 0 Å². The van der Waals surface area contributed by atoms with E-state index < -0.39 is 25.5 Å². The first kappa shape index (κ1) is 24.5. The lowest BCUT2D eigenvalue weighted by atomic mass is 9.78. The van der Waals surface area contributed by atoms with Gasteiger partial charge in [0, 0.05) is 16.8 Å². The quantitative estimate of drug-likeness (QED) is 0.325. The highest BCUT2D eigenvalue weighted by Gasteiger charge is 2.25. The fourth-order valence-electron chi connectivity index (χ4n) is 3.71. The zero-order chi connectivity index (χ0) is 25.1. The van der Waals surface area contributed by atoms with Gasteiger partial charge in [-0.1, -0.05) is 74.5 Å². The number of benzene rings is 4. The van der Waals surface area contributed by atoms with Crippen LogP contribution < -0.4 is 9.44 Å². The van der Waals surface area contributed by atoms with E-state index in [1.54, 1.807) is 97.1 Å². The summed E-state index contributed by atoms with van der Waals surface area (Å²) in [5.74, 6) is 0. The fraction of sp³-hybridized carbons (Fsp3) is 0.111. The Hall–Kier alpha value is -3.62. The summed E-state index contributed by atoms with van der Waals surface area (Å²) in [6.45, 7) is 4.01. The molecular formula is C27H26N2O4S2. The zero-order valence-electron chi connectivity index (χ0n) is 19.3. The fourth-order valence-corrected chi connectivity index (χ4v) is 5.83. The highest BCUT2D eigenvalue weighted by Crippen LogP contribution is 2.33. The van der Waals surface area contributed by atoms with Crippen LogP contribution >= 0.6 is 0 Å². The van der Waals surface area contributed by atoms with Gasteiger partial charge in [0.2, 0.25) is 0 Å². The van der Waals surface area contributed by atoms with Crippen molar-refractivity contribution in [3.63, 3.8) is 0 Å². The maximum Gasteiger partial charge on any atom is 0.261 e. The van der Waals surface area contributed by atoms with Crippen molar-refractivity contribution >= 4 is 31.4 Å². The minimum Gasteiger partial charge on any atom is -0.280 e. The summed E-state index contributed by atoms with van der Waals surface area (Å²) in [5.41, 5.74) is 2.30. The van der Waals surface area contributed by atoms with Gasteiger partial charge < -0.3 is 0 Å². The zero-order valence-corrected chi connectivity index (χ0v) is 21.0. The molecule has 0 saturated carbocycles. The number of nitrogens with one attached hydrogen (secondary N) is 2. The van der Waals surface area contributed by atoms with Gasteiger partial charge in [-0.15, -0.1) is 0 Å². The van der Waals surface area contributed by atoms with Crippen LogP contribution in [0.4, 0.5) is 11.4 Å². The predicted molar refractivity (Wildman–Crippen MR) is 140 cm³/mol. The highest BCUT2D eigenvalue weighted by atomic mass is 32.2. The van der Waals surface area contributed by atoms with Crippen molar-refractivity contribution in [2.24, 2.45) is 0 Å². The third-order valence-corrected chi connectivity index (χ3v) is 8.62. The maximum atomic E-state index is 12.7. The Kier molecular flexibility index (Phi) is 6.69. The van der Waals surface area contributed by atoms with Gasteiger partial charge in [-0.2, -0.15) is 0 Å². The third kappa shape index (κ3) is 5.55. The molecule has 4 aromatic rings. The normalized spacial score (nSPS) is 12.2. The molecule has 0 fully saturated rings. The van der Waals surface area contributed by atoms with Gasteiger partial charge in [-0.3, -0.25) is 9.44 Å². The second kappa shape index (κ2) is 9.56. The average Bonchev–Trinajstić information content (AvgIpc) is 2.85. The molecule has 0 atom stereocenters. The van der Waals surface area contributed by atoms with Crippen LogP contribution in [-0.2, 0) is 25.5 Å². The van der Waals surface area contributed by atoms with Crippen LogP contribution in [-0.4, -0.2) is 16.8 Å². The molecule has 0 aliphatic carbocycles. The molecule has 2 N–H and O–H groups in total. The van der Waals surface area contributed by atoms with E-state index in [1.165, 1.54) is 0 Å². The van der Waals surface area contributed by atoms with Gasteiger partial charge in [0.25, 0.3) is 20.0 Å². The minimum absolute atomic E-state index is 0.161. The van der Waals surface area contributed by atoms with Crippen LogP contribution in [0.3, 0.4) is 0 Å². The molecule has 4 rings (SSSR count). The van der Waals surface area contributed by atoms with Crippen molar-refractivity contribution in [1.82, 2.24) is 0 Å². The average molecular weight is 507 g/mol. The van der Waals surface area contributed by atoms with Crippen LogP contribution in [0.1, 0.15) is 25.0 Å². The predicted octanol–water partition coefficient (Wildman–Crippen LogP) is 5.61. The molecule has 0 bridgehead atoms. The lowest BCUT2D eigenvalue weighted by Gasteiger charge is -2.26. The molecule has 0 aromatic heterocycles. The molecule has 0 unspecified atom stereocenters. The van der Waals surface area contributed by atoms with Crippen molar-refractivity contribution in [3.8, 4) is 0 Å². The van der Waals surface area contributed by atoms with Crippen LogP contribution in [0.25, 0.3) is 0 Å². The van der Waals surface area contributed by atoms with Crippen molar-refractivity contribution in [1.29, 1.82) is 0 Å². The summed E-state index contributed by atoms with van der Waals surface area (Å²) in [5, 5.41) is 0. The Morgan fingerprint density at radius 2 is 0.800 bits per heavy atom. The molecule has 8 heteroatoms. The second-order valence-electron chi connectivity index (χ2n) is 8.62. The topological polar surface area (TPSA) is 92.3 Å². The van der Waals surface area contributed by atoms with E-state index in [4.69, 9.17) is 0 Å². The standard InChI is InChI=1S/C27H26N2O4S2/c1-27(2,21-13-17-25(18-14-21)34(30,31)28-23-9-5-3-6-10-23)22-15-19-26(20-16-22)35(32,33)29-24-11-7-4-8-12-24/h3-20,28-29H,1-2H3. The molecule has 180 valence electrons. The summed E-state index contributed by atoms with van der Waals surface area (Å²) >= 11 is 0. The van der Waals surface area contributed by atoms with E-state index in [2.05, 4.69) is 9.44 Å². The molecule has 0 spiro atoms. The Labute approximate surface area is 206 Å². The largest absolute Gasteiger partial charge is 0.280 e. The van der Waals surface area contributed by atoms with E-state index in [-0.39, 0.29) is 9.79 Å². The Balaban J connectivity index is 1.53. The molecule has 0 radical (unpaired) electrons. The number of hydrogen-bond donors (Lipinski definition) is 2. The number of anilines is 2. The lowest BCUT2D eigenvalue weighted by molar-refractivity contribution is 0.599. The minimum atomic E-state index is -3.71. The van der Waals surface area contributed by atoms with Gasteiger partial charge in [0.05, 0.1) is 9.79 Å². The van der Waals surface area contributed by atoms with E-state index in [9.17, 15) is 16.8 Å². The lowest BCUT2D eigenvalue weighted by Crippen LogP contribution is -2.20. The monoisotopic (exact) mass is 506 g/mol. The molecule has 35 heavy (non-hydrogen) atoms. The number of sulfonamides is 2. The Morgan fingerprint density at radius 1 is 0.486 bits per heavy atom. The van der Waals surface area contributed by atoms with E-state index in [1.807, 2.05) is 26.0 Å². The van der Waals surface area contributed by atoms with Crippen molar-refractivity contribution in [2.75, 3.05) is 9.44 Å². The second-order valence-corrected chi connectivity index (χ2v) is 12.0. The molecule has 0 saturated heterocycles. The summed E-state index contributed by atoms with van der Waals surface area (Å²) < 4.78 is 56.0. The SMILES string of the molecule is CC(C)(c1ccc(S(=O)(=O)Nc2ccccc2)cc1)c1ccc(S(=O)(=O)Nc2ccccc2)cc1. The molecule has 0 aliphatic heterocycles. The maximum absolute atomic E-state index is 12.7. The summed E-state index contributed by atoms with van der Waals surface area (Å²) in [4.78, 5) is 0.323. The van der Waals surface area contributed by atoms with Crippen molar-refractivity contribution in [2.45, 2.75) is 29.1 Å². The van der Waals surface area contributed by atoms with Crippen molar-refractivity contribution < 1.29 is 16.8 Å². The van der Waals surface area contributed by atoms with Gasteiger partial charge in [-0.25, -0.2) is 16.8 Å². The molecule has 0 heterocycles. The first-order chi connectivity index (χ1) is 16.6. The number of rotatable bonds is 8. The summed E-state index contributed by atoms with van der Waals surface area (Å²) in [6.07, 6.45) is 0. The van der Waals surface area contributed by atoms with Crippen LogP contribution in [0.2, 0.25) is 0 Å². The summed E-state index contributed by atoms with van der Waals surface area (Å²) in [6, 6.07) is 30.8. The third-order valence-electron chi connectivity index (χ3n) is 5.82. The first-order valence-corrected chi connectivity index (χ1v) is 13.9. The van der Waals surface area contributed by atoms with E-state index in [0.29, 0.717) is 11.4 Å². The first-order valence-electron chi connectivity index (χ1n) is 10.9. The number of para-hydroxylation sites is 2. The van der Waals surface area contributed by atoms with Gasteiger partial charge in [0.15, 0.2) is 0 Å². The van der Waals surface area contributed by atoms with Gasteiger partial charge >= 0.3 is 0 Å². The van der Waals surface area contributed by atoms with Gasteiger partial charge in [-0.05, 0) is 59.7 Å². The molecule has 6 nitrogen and oxygen atoms in total. The van der Waals surface area contributed by atoms with Gasteiger partial charge in [0.1, 0.15) is 0 Å². The molecule has 4 aromatic carbocycles. The Morgan fingerprint density at radius 3 is 1.11 bits per heavy atom. The molecule has 0 amide bonds. The van der Waals surface area contributed by atoms with Crippen LogP contribution in [0, 0.1) is 0 Å². The molecular weight excluding hydrogens is 480 g/mol. The Bertz CT molecular complexity index is 1380. The van der Waals surface area contributed by atoms with E-state index >= 15 is 0 Å².